The summed E-state index contributed by atoms with van der Waals surface area (Å²) in [5, 5.41) is 3.26. The Balaban J connectivity index is 1.27. The van der Waals surface area contributed by atoms with Gasteiger partial charge < -0.3 is 24.6 Å². The Labute approximate surface area is 198 Å². The lowest BCUT2D eigenvalue weighted by atomic mass is 9.93. The number of morpholine rings is 1. The number of aromatic nitrogens is 4. The third kappa shape index (κ3) is 4.82. The van der Waals surface area contributed by atoms with Crippen LogP contribution < -0.4 is 19.9 Å². The van der Waals surface area contributed by atoms with E-state index in [1.54, 1.807) is 31.4 Å². The van der Waals surface area contributed by atoms with Gasteiger partial charge in [0.2, 0.25) is 5.82 Å². The molecule has 0 unspecified atom stereocenters. The fourth-order valence-electron chi connectivity index (χ4n) is 4.59. The minimum atomic E-state index is -0.421. The third-order valence-corrected chi connectivity index (χ3v) is 6.40. The number of nitrogens with zero attached hydrogens (tertiary/aromatic N) is 6. The summed E-state index contributed by atoms with van der Waals surface area (Å²) in [4.78, 5) is 21.1. The normalized spacial score (nSPS) is 20.9. The van der Waals surface area contributed by atoms with Crippen LogP contribution in [0.3, 0.4) is 0 Å². The van der Waals surface area contributed by atoms with Gasteiger partial charge in [-0.15, -0.1) is 0 Å². The zero-order valence-corrected chi connectivity index (χ0v) is 19.6. The first kappa shape index (κ1) is 22.5. The van der Waals surface area contributed by atoms with E-state index in [1.807, 2.05) is 0 Å². The van der Waals surface area contributed by atoms with Gasteiger partial charge in [-0.1, -0.05) is 0 Å². The van der Waals surface area contributed by atoms with Gasteiger partial charge in [0.05, 0.1) is 24.8 Å². The van der Waals surface area contributed by atoms with Crippen molar-refractivity contribution in [3.05, 3.63) is 36.7 Å². The van der Waals surface area contributed by atoms with E-state index in [0.29, 0.717) is 13.2 Å². The summed E-state index contributed by atoms with van der Waals surface area (Å²) >= 11 is 0. The summed E-state index contributed by atoms with van der Waals surface area (Å²) in [7, 11) is 3.53. The predicted octanol–water partition coefficient (Wildman–Crippen LogP) is 3.26. The highest BCUT2D eigenvalue weighted by molar-refractivity contribution is 5.85. The number of ether oxygens (including phenoxy) is 2. The summed E-state index contributed by atoms with van der Waals surface area (Å²) < 4.78 is 26.7. The van der Waals surface area contributed by atoms with Gasteiger partial charge in [0, 0.05) is 57.4 Å². The van der Waals surface area contributed by atoms with E-state index in [-0.39, 0.29) is 23.8 Å². The molecule has 2 aliphatic rings. The molecule has 0 spiro atoms. The molecule has 1 saturated heterocycles. The molecule has 3 aromatic rings. The number of fused-ring (bicyclic) bond motifs is 1. The summed E-state index contributed by atoms with van der Waals surface area (Å²) in [5.41, 5.74) is 2.68. The Morgan fingerprint density at radius 2 is 1.79 bits per heavy atom. The standard InChI is InChI=1S/C24H30FN7O2/c1-31(2)24-21(25)23(28-15-29-24)30-16-3-5-18(6-4-16)34-20-14-17(32-9-11-33-12-10-32)13-19-22(20)27-8-7-26-19/h7-8,13-16,18H,3-6,9-12H2,1-2H3,(H,28,29,30)/t16-,18+. The van der Waals surface area contributed by atoms with Gasteiger partial charge in [-0.2, -0.15) is 4.39 Å². The minimum Gasteiger partial charge on any atom is -0.488 e. The van der Waals surface area contributed by atoms with E-state index in [1.165, 1.54) is 6.33 Å². The Hall–Kier alpha value is -3.27. The molecule has 1 N–H and O–H groups in total. The number of benzene rings is 1. The lowest BCUT2D eigenvalue weighted by Crippen LogP contribution is -2.36. The highest BCUT2D eigenvalue weighted by Crippen LogP contribution is 2.33. The smallest absolute Gasteiger partial charge is 0.207 e. The van der Waals surface area contributed by atoms with Crippen molar-refractivity contribution in [3.63, 3.8) is 0 Å². The monoisotopic (exact) mass is 467 g/mol. The summed E-state index contributed by atoms with van der Waals surface area (Å²) in [6, 6.07) is 4.28. The molecule has 9 nitrogen and oxygen atoms in total. The van der Waals surface area contributed by atoms with Crippen molar-refractivity contribution in [2.75, 3.05) is 55.5 Å². The Bertz CT molecular complexity index is 1130. The molecular formula is C24H30FN7O2. The molecular weight excluding hydrogens is 437 g/mol. The highest BCUT2D eigenvalue weighted by atomic mass is 19.1. The number of anilines is 3. The fraction of sp³-hybridized carbons (Fsp3) is 0.500. The van der Waals surface area contributed by atoms with Crippen molar-refractivity contribution < 1.29 is 13.9 Å². The molecule has 1 saturated carbocycles. The van der Waals surface area contributed by atoms with Crippen LogP contribution in [0.1, 0.15) is 25.7 Å². The first-order valence-electron chi connectivity index (χ1n) is 11.8. The van der Waals surface area contributed by atoms with Gasteiger partial charge in [0.15, 0.2) is 11.6 Å². The van der Waals surface area contributed by atoms with Gasteiger partial charge in [-0.25, -0.2) is 15.0 Å². The SMILES string of the molecule is CN(C)c1ncnc(N[C@H]2CC[C@@H](Oc3cc(N4CCOCC4)cc4nccnc34)CC2)c1F. The highest BCUT2D eigenvalue weighted by Gasteiger charge is 2.25. The molecule has 1 aliphatic carbocycles. The molecule has 0 amide bonds. The Morgan fingerprint density at radius 3 is 2.56 bits per heavy atom. The van der Waals surface area contributed by atoms with Crippen molar-refractivity contribution >= 4 is 28.4 Å². The second-order valence-corrected chi connectivity index (χ2v) is 8.96. The average Bonchev–Trinajstić information content (AvgIpc) is 2.87. The molecule has 2 aromatic heterocycles. The van der Waals surface area contributed by atoms with Crippen molar-refractivity contribution in [2.24, 2.45) is 0 Å². The average molecular weight is 468 g/mol. The van der Waals surface area contributed by atoms with Crippen molar-refractivity contribution in [3.8, 4) is 5.75 Å². The Morgan fingerprint density at radius 1 is 1.03 bits per heavy atom. The van der Waals surface area contributed by atoms with Crippen LogP contribution >= 0.6 is 0 Å². The maximum absolute atomic E-state index is 14.7. The quantitative estimate of drug-likeness (QED) is 0.587. The molecule has 2 fully saturated rings. The second kappa shape index (κ2) is 9.92. The van der Waals surface area contributed by atoms with Crippen molar-refractivity contribution in [2.45, 2.75) is 37.8 Å². The minimum absolute atomic E-state index is 0.0655. The van der Waals surface area contributed by atoms with Gasteiger partial charge in [-0.05, 0) is 31.7 Å². The van der Waals surface area contributed by atoms with Gasteiger partial charge in [-0.3, -0.25) is 4.98 Å². The maximum atomic E-state index is 14.7. The molecule has 0 radical (unpaired) electrons. The molecule has 1 aliphatic heterocycles. The van der Waals surface area contributed by atoms with Crippen LogP contribution in [-0.4, -0.2) is 72.5 Å². The molecule has 5 rings (SSSR count). The molecule has 180 valence electrons. The van der Waals surface area contributed by atoms with E-state index in [9.17, 15) is 4.39 Å². The summed E-state index contributed by atoms with van der Waals surface area (Å²) in [6.07, 6.45) is 8.29. The topological polar surface area (TPSA) is 88.5 Å². The number of halogens is 1. The largest absolute Gasteiger partial charge is 0.488 e. The third-order valence-electron chi connectivity index (χ3n) is 6.40. The molecule has 1 aromatic carbocycles. The maximum Gasteiger partial charge on any atom is 0.207 e. The zero-order valence-electron chi connectivity index (χ0n) is 19.6. The van der Waals surface area contributed by atoms with Crippen LogP contribution in [0.15, 0.2) is 30.9 Å². The van der Waals surface area contributed by atoms with E-state index < -0.39 is 5.82 Å². The van der Waals surface area contributed by atoms with Crippen LogP contribution in [0, 0.1) is 5.82 Å². The van der Waals surface area contributed by atoms with Crippen LogP contribution in [-0.2, 0) is 4.74 Å². The molecule has 10 heteroatoms. The van der Waals surface area contributed by atoms with Crippen LogP contribution in [0.4, 0.5) is 21.7 Å². The van der Waals surface area contributed by atoms with E-state index >= 15 is 0 Å². The van der Waals surface area contributed by atoms with Crippen LogP contribution in [0.2, 0.25) is 0 Å². The number of hydrogen-bond acceptors (Lipinski definition) is 9. The van der Waals surface area contributed by atoms with E-state index in [0.717, 1.165) is 61.2 Å². The number of nitrogens with one attached hydrogen (secondary N) is 1. The lowest BCUT2D eigenvalue weighted by Gasteiger charge is -2.31. The van der Waals surface area contributed by atoms with E-state index in [2.05, 4.69) is 42.3 Å². The molecule has 0 bridgehead atoms. The lowest BCUT2D eigenvalue weighted by molar-refractivity contribution is 0.122. The molecule has 0 atom stereocenters. The first-order valence-corrected chi connectivity index (χ1v) is 11.8. The van der Waals surface area contributed by atoms with Gasteiger partial charge in [0.1, 0.15) is 17.6 Å². The van der Waals surface area contributed by atoms with Crippen LogP contribution in [0.25, 0.3) is 11.0 Å². The number of hydrogen-bond donors (Lipinski definition) is 1. The predicted molar refractivity (Wildman–Crippen MR) is 129 cm³/mol. The first-order chi connectivity index (χ1) is 16.6. The van der Waals surface area contributed by atoms with Crippen LogP contribution in [0.5, 0.6) is 5.75 Å². The number of rotatable bonds is 6. The summed E-state index contributed by atoms with van der Waals surface area (Å²) in [6.45, 7) is 3.12. The molecule has 34 heavy (non-hydrogen) atoms. The zero-order chi connectivity index (χ0) is 23.5. The summed E-state index contributed by atoms with van der Waals surface area (Å²) in [5.74, 6) is 0.877. The van der Waals surface area contributed by atoms with Gasteiger partial charge >= 0.3 is 0 Å². The van der Waals surface area contributed by atoms with Crippen molar-refractivity contribution in [1.82, 2.24) is 19.9 Å². The Kier molecular flexibility index (Phi) is 6.57. The van der Waals surface area contributed by atoms with Crippen molar-refractivity contribution in [1.29, 1.82) is 0 Å². The van der Waals surface area contributed by atoms with Gasteiger partial charge in [0.25, 0.3) is 0 Å². The fourth-order valence-corrected chi connectivity index (χ4v) is 4.59. The molecule has 3 heterocycles. The van der Waals surface area contributed by atoms with E-state index in [4.69, 9.17) is 9.47 Å². The second-order valence-electron chi connectivity index (χ2n) is 8.96.